The van der Waals surface area contributed by atoms with Gasteiger partial charge < -0.3 is 9.47 Å². The first-order valence-corrected chi connectivity index (χ1v) is 9.56. The summed E-state index contributed by atoms with van der Waals surface area (Å²) in [6.07, 6.45) is 1.65. The van der Waals surface area contributed by atoms with Gasteiger partial charge in [-0.05, 0) is 29.7 Å². The zero-order valence-corrected chi connectivity index (χ0v) is 14.4. The summed E-state index contributed by atoms with van der Waals surface area (Å²) in [6.45, 7) is 1.22. The molecule has 3 nitrogen and oxygen atoms in total. The van der Waals surface area contributed by atoms with Crippen LogP contribution in [0.3, 0.4) is 0 Å². The Hall–Kier alpha value is -1.52. The standard InChI is InChI=1S/C18H19ClO3S/c19-16-11-15(12-17-18(16)22-9-4-8-21-17)13-23(20)10-7-14-5-2-1-3-6-14/h1-3,5-6,11-12H,4,7-10,13H2. The quantitative estimate of drug-likeness (QED) is 0.817. The zero-order chi connectivity index (χ0) is 16.1. The number of halogens is 1. The van der Waals surface area contributed by atoms with Crippen molar-refractivity contribution in [3.63, 3.8) is 0 Å². The Bertz CT molecular complexity index is 688. The Morgan fingerprint density at radius 1 is 1.04 bits per heavy atom. The molecule has 0 amide bonds. The number of aryl methyl sites for hydroxylation is 1. The van der Waals surface area contributed by atoms with Crippen LogP contribution >= 0.6 is 11.6 Å². The molecule has 0 N–H and O–H groups in total. The van der Waals surface area contributed by atoms with Crippen LogP contribution in [0, 0.1) is 0 Å². The highest BCUT2D eigenvalue weighted by atomic mass is 35.5. The summed E-state index contributed by atoms with van der Waals surface area (Å²) in [5.41, 5.74) is 2.13. The van der Waals surface area contributed by atoms with Gasteiger partial charge in [-0.1, -0.05) is 41.9 Å². The minimum absolute atomic E-state index is 0.475. The van der Waals surface area contributed by atoms with E-state index in [1.807, 2.05) is 30.3 Å². The van der Waals surface area contributed by atoms with Crippen LogP contribution in [0.2, 0.25) is 5.02 Å². The fraction of sp³-hybridized carbons (Fsp3) is 0.333. The highest BCUT2D eigenvalue weighted by Gasteiger charge is 2.16. The first-order valence-electron chi connectivity index (χ1n) is 7.69. The van der Waals surface area contributed by atoms with Crippen LogP contribution in [-0.4, -0.2) is 23.2 Å². The van der Waals surface area contributed by atoms with E-state index >= 15 is 0 Å². The SMILES string of the molecule is O=S(CCc1ccccc1)Cc1cc(Cl)c2c(c1)OCCCO2. The normalized spacial score (nSPS) is 15.0. The molecule has 0 saturated heterocycles. The van der Waals surface area contributed by atoms with Crippen LogP contribution in [-0.2, 0) is 23.0 Å². The van der Waals surface area contributed by atoms with Crippen molar-refractivity contribution < 1.29 is 13.7 Å². The maximum absolute atomic E-state index is 12.3. The van der Waals surface area contributed by atoms with E-state index in [0.717, 1.165) is 18.4 Å². The van der Waals surface area contributed by atoms with Gasteiger partial charge in [-0.2, -0.15) is 0 Å². The molecule has 0 saturated carbocycles. The van der Waals surface area contributed by atoms with Crippen molar-refractivity contribution in [2.75, 3.05) is 19.0 Å². The lowest BCUT2D eigenvalue weighted by atomic mass is 10.2. The van der Waals surface area contributed by atoms with Gasteiger partial charge in [0.15, 0.2) is 11.5 Å². The predicted molar refractivity (Wildman–Crippen MR) is 93.9 cm³/mol. The summed E-state index contributed by atoms with van der Waals surface area (Å²) in [5, 5.41) is 0.527. The summed E-state index contributed by atoms with van der Waals surface area (Å²) in [6, 6.07) is 13.8. The second kappa shape index (κ2) is 7.84. The van der Waals surface area contributed by atoms with Crippen molar-refractivity contribution in [3.05, 3.63) is 58.6 Å². The van der Waals surface area contributed by atoms with Gasteiger partial charge in [0, 0.05) is 28.7 Å². The molecule has 1 heterocycles. The molecule has 1 aliphatic heterocycles. The van der Waals surface area contributed by atoms with Crippen LogP contribution < -0.4 is 9.47 Å². The molecule has 0 aromatic heterocycles. The molecule has 3 rings (SSSR count). The molecule has 1 atom stereocenters. The topological polar surface area (TPSA) is 35.5 Å². The average Bonchev–Trinajstić information content (AvgIpc) is 2.80. The van der Waals surface area contributed by atoms with E-state index in [4.69, 9.17) is 21.1 Å². The number of hydrogen-bond donors (Lipinski definition) is 0. The smallest absolute Gasteiger partial charge is 0.179 e. The van der Waals surface area contributed by atoms with Gasteiger partial charge in [0.2, 0.25) is 0 Å². The van der Waals surface area contributed by atoms with Gasteiger partial charge >= 0.3 is 0 Å². The molecular formula is C18H19ClO3S. The van der Waals surface area contributed by atoms with Crippen LogP contribution in [0.1, 0.15) is 17.5 Å². The number of hydrogen-bond acceptors (Lipinski definition) is 3. The lowest BCUT2D eigenvalue weighted by molar-refractivity contribution is 0.297. The van der Waals surface area contributed by atoms with Crippen LogP contribution in [0.25, 0.3) is 0 Å². The third-order valence-electron chi connectivity index (χ3n) is 3.65. The fourth-order valence-electron chi connectivity index (χ4n) is 2.50. The molecule has 0 spiro atoms. The Morgan fingerprint density at radius 3 is 2.65 bits per heavy atom. The highest BCUT2D eigenvalue weighted by molar-refractivity contribution is 7.84. The van der Waals surface area contributed by atoms with Crippen molar-refractivity contribution in [2.24, 2.45) is 0 Å². The Balaban J connectivity index is 1.64. The summed E-state index contributed by atoms with van der Waals surface area (Å²) in [5.74, 6) is 2.37. The molecule has 0 radical (unpaired) electrons. The van der Waals surface area contributed by atoms with Crippen molar-refractivity contribution in [2.45, 2.75) is 18.6 Å². The molecule has 1 aliphatic rings. The molecule has 0 aliphatic carbocycles. The molecule has 1 unspecified atom stereocenters. The van der Waals surface area contributed by atoms with Crippen molar-refractivity contribution in [1.82, 2.24) is 0 Å². The molecular weight excluding hydrogens is 332 g/mol. The van der Waals surface area contributed by atoms with Crippen molar-refractivity contribution in [1.29, 1.82) is 0 Å². The fourth-order valence-corrected chi connectivity index (χ4v) is 3.94. The lowest BCUT2D eigenvalue weighted by Gasteiger charge is -2.11. The number of ether oxygens (including phenoxy) is 2. The second-order valence-electron chi connectivity index (χ2n) is 5.48. The third-order valence-corrected chi connectivity index (χ3v) is 5.25. The maximum atomic E-state index is 12.3. The number of rotatable bonds is 5. The second-order valence-corrected chi connectivity index (χ2v) is 7.46. The van der Waals surface area contributed by atoms with Gasteiger partial charge in [0.1, 0.15) is 0 Å². The van der Waals surface area contributed by atoms with Gasteiger partial charge in [0.05, 0.1) is 18.2 Å². The summed E-state index contributed by atoms with van der Waals surface area (Å²) >= 11 is 6.27. The number of fused-ring (bicyclic) bond motifs is 1. The van der Waals surface area contributed by atoms with Crippen LogP contribution in [0.15, 0.2) is 42.5 Å². The Morgan fingerprint density at radius 2 is 1.83 bits per heavy atom. The van der Waals surface area contributed by atoms with E-state index in [1.54, 1.807) is 0 Å². The van der Waals surface area contributed by atoms with Gasteiger partial charge in [-0.15, -0.1) is 0 Å². The van der Waals surface area contributed by atoms with Gasteiger partial charge in [-0.3, -0.25) is 4.21 Å². The summed E-state index contributed by atoms with van der Waals surface area (Å²) in [7, 11) is -0.940. The molecule has 0 bridgehead atoms. The average molecular weight is 351 g/mol. The van der Waals surface area contributed by atoms with E-state index < -0.39 is 10.8 Å². The summed E-state index contributed by atoms with van der Waals surface area (Å²) in [4.78, 5) is 0. The van der Waals surface area contributed by atoms with E-state index in [2.05, 4.69) is 12.1 Å². The minimum Gasteiger partial charge on any atom is -0.489 e. The van der Waals surface area contributed by atoms with E-state index in [1.165, 1.54) is 5.56 Å². The molecule has 2 aromatic carbocycles. The van der Waals surface area contributed by atoms with Crippen LogP contribution in [0.4, 0.5) is 0 Å². The Labute approximate surface area is 144 Å². The third kappa shape index (κ3) is 4.49. The van der Waals surface area contributed by atoms with E-state index in [0.29, 0.717) is 41.2 Å². The highest BCUT2D eigenvalue weighted by Crippen LogP contribution is 2.38. The van der Waals surface area contributed by atoms with Gasteiger partial charge in [0.25, 0.3) is 0 Å². The van der Waals surface area contributed by atoms with E-state index in [9.17, 15) is 4.21 Å². The molecule has 0 fully saturated rings. The van der Waals surface area contributed by atoms with Gasteiger partial charge in [-0.25, -0.2) is 0 Å². The molecule has 5 heteroatoms. The first kappa shape index (κ1) is 16.3. The molecule has 2 aromatic rings. The molecule has 23 heavy (non-hydrogen) atoms. The number of benzene rings is 2. The largest absolute Gasteiger partial charge is 0.489 e. The maximum Gasteiger partial charge on any atom is 0.179 e. The first-order chi connectivity index (χ1) is 11.2. The monoisotopic (exact) mass is 350 g/mol. The molecule has 122 valence electrons. The van der Waals surface area contributed by atoms with Crippen LogP contribution in [0.5, 0.6) is 11.5 Å². The van der Waals surface area contributed by atoms with Crippen molar-refractivity contribution in [3.8, 4) is 11.5 Å². The lowest BCUT2D eigenvalue weighted by Crippen LogP contribution is -2.04. The van der Waals surface area contributed by atoms with E-state index in [-0.39, 0.29) is 0 Å². The zero-order valence-electron chi connectivity index (χ0n) is 12.8. The summed E-state index contributed by atoms with van der Waals surface area (Å²) < 4.78 is 23.6. The van der Waals surface area contributed by atoms with Crippen molar-refractivity contribution >= 4 is 22.4 Å². The Kier molecular flexibility index (Phi) is 5.57. The predicted octanol–water partition coefficient (Wildman–Crippen LogP) is 3.99. The minimum atomic E-state index is -0.940.